The van der Waals surface area contributed by atoms with Crippen LogP contribution in [-0.2, 0) is 22.6 Å². The van der Waals surface area contributed by atoms with Gasteiger partial charge < -0.3 is 4.90 Å². The molecule has 2 amide bonds. The zero-order valence-electron chi connectivity index (χ0n) is 17.9. The van der Waals surface area contributed by atoms with Crippen LogP contribution in [0.1, 0.15) is 48.5 Å². The molecule has 0 radical (unpaired) electrons. The first-order valence-corrected chi connectivity index (χ1v) is 12.7. The summed E-state index contributed by atoms with van der Waals surface area (Å²) in [6.07, 6.45) is 6.76. The molecule has 32 heavy (non-hydrogen) atoms. The third-order valence-electron chi connectivity index (χ3n) is 6.06. The van der Waals surface area contributed by atoms with Crippen molar-refractivity contribution < 1.29 is 9.59 Å². The van der Waals surface area contributed by atoms with Crippen molar-refractivity contribution in [3.63, 3.8) is 0 Å². The van der Waals surface area contributed by atoms with E-state index in [9.17, 15) is 9.59 Å². The number of amides is 2. The lowest BCUT2D eigenvalue weighted by Gasteiger charge is -2.33. The Labute approximate surface area is 194 Å². The number of hydrogen-bond donors (Lipinski definition) is 0. The van der Waals surface area contributed by atoms with Crippen LogP contribution in [0.3, 0.4) is 0 Å². The van der Waals surface area contributed by atoms with E-state index in [0.29, 0.717) is 24.8 Å². The van der Waals surface area contributed by atoms with E-state index in [1.165, 1.54) is 11.3 Å². The SMILES string of the molecule is CCc1nc(Cn2cc(C3CCCN(C(=O)C4CC(=O)N(c5nccs5)C4)C3)nn2)cs1. The van der Waals surface area contributed by atoms with Gasteiger partial charge in [0.05, 0.1) is 28.9 Å². The number of rotatable bonds is 6. The van der Waals surface area contributed by atoms with Gasteiger partial charge in [-0.15, -0.1) is 27.8 Å². The quantitative estimate of drug-likeness (QED) is 0.548. The first-order chi connectivity index (χ1) is 15.6. The van der Waals surface area contributed by atoms with Crippen molar-refractivity contribution in [1.82, 2.24) is 29.9 Å². The summed E-state index contributed by atoms with van der Waals surface area (Å²) < 4.78 is 1.83. The van der Waals surface area contributed by atoms with Crippen molar-refractivity contribution in [3.8, 4) is 0 Å². The second-order valence-electron chi connectivity index (χ2n) is 8.27. The van der Waals surface area contributed by atoms with Crippen LogP contribution < -0.4 is 4.90 Å². The minimum absolute atomic E-state index is 0.0249. The van der Waals surface area contributed by atoms with Gasteiger partial charge in [0.2, 0.25) is 11.8 Å². The number of likely N-dealkylation sites (tertiary alicyclic amines) is 1. The number of aromatic nitrogens is 5. The second kappa shape index (κ2) is 9.07. The van der Waals surface area contributed by atoms with Crippen molar-refractivity contribution in [2.24, 2.45) is 5.92 Å². The van der Waals surface area contributed by atoms with Crippen LogP contribution in [0, 0.1) is 5.92 Å². The molecule has 9 nitrogen and oxygen atoms in total. The van der Waals surface area contributed by atoms with E-state index in [1.54, 1.807) is 22.4 Å². The van der Waals surface area contributed by atoms with Gasteiger partial charge in [-0.25, -0.2) is 14.6 Å². The topological polar surface area (TPSA) is 97.1 Å². The molecule has 2 saturated heterocycles. The van der Waals surface area contributed by atoms with E-state index in [0.717, 1.165) is 42.2 Å². The monoisotopic (exact) mass is 471 g/mol. The maximum atomic E-state index is 13.2. The van der Waals surface area contributed by atoms with Crippen LogP contribution in [0.25, 0.3) is 0 Å². The van der Waals surface area contributed by atoms with Crippen LogP contribution >= 0.6 is 22.7 Å². The maximum absolute atomic E-state index is 13.2. The molecular weight excluding hydrogens is 446 g/mol. The molecule has 168 valence electrons. The Kier molecular flexibility index (Phi) is 6.01. The van der Waals surface area contributed by atoms with Gasteiger partial charge in [-0.2, -0.15) is 0 Å². The van der Waals surface area contributed by atoms with Gasteiger partial charge in [0.25, 0.3) is 0 Å². The molecule has 0 saturated carbocycles. The number of nitrogens with zero attached hydrogens (tertiary/aromatic N) is 7. The van der Waals surface area contributed by atoms with Crippen molar-refractivity contribution in [2.75, 3.05) is 24.5 Å². The second-order valence-corrected chi connectivity index (χ2v) is 10.1. The Morgan fingerprint density at radius 1 is 1.28 bits per heavy atom. The van der Waals surface area contributed by atoms with E-state index in [4.69, 9.17) is 0 Å². The lowest BCUT2D eigenvalue weighted by Crippen LogP contribution is -2.43. The molecule has 0 bridgehead atoms. The smallest absolute Gasteiger partial charge is 0.229 e. The maximum Gasteiger partial charge on any atom is 0.229 e. The Morgan fingerprint density at radius 2 is 2.19 bits per heavy atom. The zero-order chi connectivity index (χ0) is 22.1. The molecule has 3 aromatic heterocycles. The van der Waals surface area contributed by atoms with Gasteiger partial charge in [-0.05, 0) is 19.3 Å². The van der Waals surface area contributed by atoms with E-state index in [1.807, 2.05) is 21.2 Å². The number of carbonyl (C=O) groups excluding carboxylic acids is 2. The average Bonchev–Trinajstić information content (AvgIpc) is 3.61. The van der Waals surface area contributed by atoms with Gasteiger partial charge in [-0.1, -0.05) is 12.1 Å². The normalized spacial score (nSPS) is 21.5. The predicted octanol–water partition coefficient (Wildman–Crippen LogP) is 2.56. The Bertz CT molecular complexity index is 1090. The third kappa shape index (κ3) is 4.31. The molecule has 2 unspecified atom stereocenters. The summed E-state index contributed by atoms with van der Waals surface area (Å²) in [7, 11) is 0. The highest BCUT2D eigenvalue weighted by molar-refractivity contribution is 7.13. The fraction of sp³-hybridized carbons (Fsp3) is 0.524. The molecule has 0 N–H and O–H groups in total. The van der Waals surface area contributed by atoms with Gasteiger partial charge in [0.15, 0.2) is 5.13 Å². The molecule has 0 aromatic carbocycles. The number of piperidine rings is 1. The summed E-state index contributed by atoms with van der Waals surface area (Å²) in [5.41, 5.74) is 1.92. The number of anilines is 1. The number of hydrogen-bond acceptors (Lipinski definition) is 8. The molecule has 5 heterocycles. The van der Waals surface area contributed by atoms with Gasteiger partial charge in [-0.3, -0.25) is 14.5 Å². The third-order valence-corrected chi connectivity index (χ3v) is 7.89. The first-order valence-electron chi connectivity index (χ1n) is 10.9. The fourth-order valence-electron chi connectivity index (χ4n) is 4.41. The number of aryl methyl sites for hydroxylation is 1. The molecule has 2 aliphatic heterocycles. The first kappa shape index (κ1) is 21.2. The van der Waals surface area contributed by atoms with Crippen LogP contribution in [0.15, 0.2) is 23.2 Å². The lowest BCUT2D eigenvalue weighted by molar-refractivity contribution is -0.137. The van der Waals surface area contributed by atoms with Gasteiger partial charge in [0.1, 0.15) is 0 Å². The molecule has 0 spiro atoms. The van der Waals surface area contributed by atoms with Gasteiger partial charge >= 0.3 is 0 Å². The van der Waals surface area contributed by atoms with E-state index < -0.39 is 0 Å². The molecule has 0 aliphatic carbocycles. The van der Waals surface area contributed by atoms with E-state index in [2.05, 4.69) is 32.6 Å². The van der Waals surface area contributed by atoms with Crippen LogP contribution in [0.5, 0.6) is 0 Å². The van der Waals surface area contributed by atoms with Crippen molar-refractivity contribution in [1.29, 1.82) is 0 Å². The standard InChI is InChI=1S/C21H25N7O2S2/c1-2-18-23-16(13-32-18)11-27-12-17(24-25-27)14-4-3-6-26(9-14)20(30)15-8-19(29)28(10-15)21-22-5-7-31-21/h5,7,12-15H,2-4,6,8-11H2,1H3. The summed E-state index contributed by atoms with van der Waals surface area (Å²) in [6, 6.07) is 0. The van der Waals surface area contributed by atoms with Crippen molar-refractivity contribution in [3.05, 3.63) is 39.5 Å². The number of carbonyl (C=O) groups is 2. The predicted molar refractivity (Wildman–Crippen MR) is 122 cm³/mol. The van der Waals surface area contributed by atoms with Gasteiger partial charge in [0, 0.05) is 55.1 Å². The van der Waals surface area contributed by atoms with E-state index >= 15 is 0 Å². The summed E-state index contributed by atoms with van der Waals surface area (Å²) in [5.74, 6) is -0.111. The number of thiazole rings is 2. The molecule has 11 heteroatoms. The molecule has 2 aliphatic rings. The Morgan fingerprint density at radius 3 is 2.97 bits per heavy atom. The summed E-state index contributed by atoms with van der Waals surface area (Å²) in [5, 5.41) is 14.4. The van der Waals surface area contributed by atoms with Crippen molar-refractivity contribution in [2.45, 2.75) is 45.1 Å². The average molecular weight is 472 g/mol. The van der Waals surface area contributed by atoms with E-state index in [-0.39, 0.29) is 30.1 Å². The minimum Gasteiger partial charge on any atom is -0.342 e. The molecule has 5 rings (SSSR count). The summed E-state index contributed by atoms with van der Waals surface area (Å²) in [6.45, 7) is 4.47. The van der Waals surface area contributed by atoms with Crippen molar-refractivity contribution >= 4 is 39.6 Å². The Hall–Kier alpha value is -2.66. The highest BCUT2D eigenvalue weighted by Gasteiger charge is 2.39. The minimum atomic E-state index is -0.307. The highest BCUT2D eigenvalue weighted by atomic mass is 32.1. The molecule has 3 aromatic rings. The molecular formula is C21H25N7O2S2. The van der Waals surface area contributed by atoms with Crippen LogP contribution in [0.4, 0.5) is 5.13 Å². The molecule has 2 atom stereocenters. The summed E-state index contributed by atoms with van der Waals surface area (Å²) >= 11 is 3.09. The lowest BCUT2D eigenvalue weighted by atomic mass is 9.94. The Balaban J connectivity index is 1.21. The summed E-state index contributed by atoms with van der Waals surface area (Å²) in [4.78, 5) is 38.0. The van der Waals surface area contributed by atoms with Crippen LogP contribution in [-0.4, -0.2) is 61.3 Å². The molecule has 2 fully saturated rings. The van der Waals surface area contributed by atoms with Crippen LogP contribution in [0.2, 0.25) is 0 Å². The fourth-order valence-corrected chi connectivity index (χ4v) is 5.82. The largest absolute Gasteiger partial charge is 0.342 e. The highest BCUT2D eigenvalue weighted by Crippen LogP contribution is 2.31. The zero-order valence-corrected chi connectivity index (χ0v) is 19.5.